The molecule has 0 heterocycles. The van der Waals surface area contributed by atoms with Crippen molar-refractivity contribution >= 4 is 35.3 Å². The Morgan fingerprint density at radius 1 is 1.02 bits per heavy atom. The fraction of sp³-hybridized carbons (Fsp3) is 0.935. The highest BCUT2D eigenvalue weighted by molar-refractivity contribution is 6.18. The Hall–Kier alpha value is -0.760. The highest BCUT2D eigenvalue weighted by Gasteiger charge is 2.65. The summed E-state index contributed by atoms with van der Waals surface area (Å²) in [6, 6.07) is 0. The quantitative estimate of drug-likeness (QED) is 0.240. The number of rotatable bonds is 10. The Labute approximate surface area is 250 Å². The first-order valence-corrected chi connectivity index (χ1v) is 16.7. The van der Waals surface area contributed by atoms with Crippen molar-refractivity contribution in [1.82, 2.24) is 4.90 Å². The van der Waals surface area contributed by atoms with Gasteiger partial charge in [-0.05, 0) is 105 Å². The van der Waals surface area contributed by atoms with Crippen LogP contribution in [0.4, 0.5) is 4.79 Å². The summed E-state index contributed by atoms with van der Waals surface area (Å²) >= 11 is 11.8. The summed E-state index contributed by atoms with van der Waals surface area (Å²) in [6.45, 7) is 9.87. The summed E-state index contributed by atoms with van der Waals surface area (Å²) in [7, 11) is 0. The number of aliphatic hydroxyl groups excluding tert-OH is 2. The summed E-state index contributed by atoms with van der Waals surface area (Å²) < 4.78 is 11.1. The van der Waals surface area contributed by atoms with Gasteiger partial charge in [-0.15, -0.1) is 23.2 Å². The largest absolute Gasteiger partial charge is 0.466 e. The highest BCUT2D eigenvalue weighted by atomic mass is 35.5. The molecule has 0 radical (unpaired) electrons. The number of hydrogen-bond donors (Lipinski definition) is 2. The van der Waals surface area contributed by atoms with E-state index in [-0.39, 0.29) is 52.7 Å². The van der Waals surface area contributed by atoms with Crippen molar-refractivity contribution in [1.29, 1.82) is 0 Å². The van der Waals surface area contributed by atoms with Crippen LogP contribution in [0.5, 0.6) is 0 Å². The number of fused-ring (bicyclic) bond motifs is 5. The Balaban J connectivity index is 1.45. The molecule has 230 valence electrons. The molecule has 9 heteroatoms. The molecule has 0 unspecified atom stereocenters. The van der Waals surface area contributed by atoms with Crippen LogP contribution in [-0.2, 0) is 14.3 Å². The van der Waals surface area contributed by atoms with Crippen molar-refractivity contribution in [2.45, 2.75) is 104 Å². The summed E-state index contributed by atoms with van der Waals surface area (Å²) in [5.41, 5.74) is -0.269. The third kappa shape index (κ3) is 6.01. The maximum Gasteiger partial charge on any atom is 0.410 e. The van der Waals surface area contributed by atoms with E-state index in [1.54, 1.807) is 4.90 Å². The minimum Gasteiger partial charge on any atom is -0.466 e. The van der Waals surface area contributed by atoms with Gasteiger partial charge in [0.25, 0.3) is 0 Å². The lowest BCUT2D eigenvalue weighted by molar-refractivity contribution is -0.207. The molecule has 4 rings (SSSR count). The van der Waals surface area contributed by atoms with Crippen LogP contribution in [-0.4, -0.2) is 76.9 Å². The van der Waals surface area contributed by atoms with Crippen molar-refractivity contribution < 1.29 is 29.3 Å². The first-order valence-electron chi connectivity index (χ1n) is 15.6. The molecule has 0 aromatic rings. The molecule has 4 aliphatic carbocycles. The smallest absolute Gasteiger partial charge is 0.410 e. The molecule has 4 aliphatic rings. The first-order chi connectivity index (χ1) is 19.0. The molecule has 4 fully saturated rings. The van der Waals surface area contributed by atoms with E-state index in [1.807, 2.05) is 6.92 Å². The van der Waals surface area contributed by atoms with Gasteiger partial charge in [0.2, 0.25) is 0 Å². The van der Waals surface area contributed by atoms with Gasteiger partial charge in [0.15, 0.2) is 0 Å². The first kappa shape index (κ1) is 32.2. The van der Waals surface area contributed by atoms with E-state index in [4.69, 9.17) is 32.7 Å². The van der Waals surface area contributed by atoms with Crippen LogP contribution >= 0.6 is 23.2 Å². The number of carbonyl (C=O) groups is 2. The number of carbonyl (C=O) groups excluding carboxylic acids is 2. The average Bonchev–Trinajstić information content (AvgIpc) is 3.27. The maximum atomic E-state index is 12.8. The Morgan fingerprint density at radius 2 is 1.73 bits per heavy atom. The molecule has 0 saturated heterocycles. The molecular weight excluding hydrogens is 553 g/mol. The van der Waals surface area contributed by atoms with Gasteiger partial charge in [0, 0.05) is 31.3 Å². The average molecular weight is 605 g/mol. The molecule has 0 bridgehead atoms. The number of amides is 1. The fourth-order valence-electron chi connectivity index (χ4n) is 9.72. The monoisotopic (exact) mass is 603 g/mol. The van der Waals surface area contributed by atoms with Gasteiger partial charge in [-0.2, -0.15) is 0 Å². The number of hydrogen-bond acceptors (Lipinski definition) is 6. The highest BCUT2D eigenvalue weighted by Crippen LogP contribution is 2.68. The third-order valence-corrected chi connectivity index (χ3v) is 12.2. The lowest BCUT2D eigenvalue weighted by Crippen LogP contribution is -2.62. The summed E-state index contributed by atoms with van der Waals surface area (Å²) in [5.74, 6) is 2.05. The van der Waals surface area contributed by atoms with Gasteiger partial charge in [-0.25, -0.2) is 4.79 Å². The third-order valence-electron chi connectivity index (χ3n) is 11.8. The number of ether oxygens (including phenoxy) is 2. The number of alkyl halides is 2. The second kappa shape index (κ2) is 13.3. The van der Waals surface area contributed by atoms with Crippen LogP contribution in [0, 0.1) is 46.3 Å². The number of esters is 1. The van der Waals surface area contributed by atoms with Crippen molar-refractivity contribution in [2.75, 3.05) is 31.5 Å². The fourth-order valence-corrected chi connectivity index (χ4v) is 10.1. The predicted molar refractivity (Wildman–Crippen MR) is 156 cm³/mol. The zero-order valence-corrected chi connectivity index (χ0v) is 26.3. The Morgan fingerprint density at radius 3 is 2.38 bits per heavy atom. The topological polar surface area (TPSA) is 96.3 Å². The van der Waals surface area contributed by atoms with Gasteiger partial charge in [-0.1, -0.05) is 20.8 Å². The number of aliphatic hydroxyl groups is 2. The summed E-state index contributed by atoms with van der Waals surface area (Å²) in [6.07, 6.45) is 5.68. The molecule has 0 aromatic carbocycles. The minimum atomic E-state index is -0.436. The van der Waals surface area contributed by atoms with E-state index < -0.39 is 12.2 Å². The molecular formula is C31H51Cl2NO6. The van der Waals surface area contributed by atoms with E-state index in [9.17, 15) is 19.8 Å². The maximum absolute atomic E-state index is 12.8. The van der Waals surface area contributed by atoms with Crippen molar-refractivity contribution in [3.63, 3.8) is 0 Å². The molecule has 11 atom stereocenters. The molecule has 2 N–H and O–H groups in total. The zero-order valence-electron chi connectivity index (χ0n) is 24.8. The number of halogens is 2. The van der Waals surface area contributed by atoms with E-state index in [0.717, 1.165) is 38.5 Å². The van der Waals surface area contributed by atoms with Crippen LogP contribution in [0.15, 0.2) is 0 Å². The predicted octanol–water partition coefficient (Wildman–Crippen LogP) is 5.85. The van der Waals surface area contributed by atoms with Crippen molar-refractivity contribution in [3.05, 3.63) is 0 Å². The van der Waals surface area contributed by atoms with E-state index in [1.165, 1.54) is 0 Å². The molecule has 1 amide bonds. The molecule has 0 aromatic heterocycles. The van der Waals surface area contributed by atoms with Gasteiger partial charge in [0.1, 0.15) is 6.10 Å². The van der Waals surface area contributed by atoms with Crippen LogP contribution in [0.1, 0.15) is 85.5 Å². The van der Waals surface area contributed by atoms with Gasteiger partial charge >= 0.3 is 12.1 Å². The Kier molecular flexibility index (Phi) is 10.7. The van der Waals surface area contributed by atoms with Gasteiger partial charge < -0.3 is 24.6 Å². The van der Waals surface area contributed by atoms with Gasteiger partial charge in [0.05, 0.1) is 18.8 Å². The van der Waals surface area contributed by atoms with Crippen LogP contribution in [0.25, 0.3) is 0 Å². The van der Waals surface area contributed by atoms with E-state index in [2.05, 4.69) is 20.8 Å². The second-order valence-electron chi connectivity index (χ2n) is 13.6. The van der Waals surface area contributed by atoms with Crippen LogP contribution < -0.4 is 0 Å². The lowest BCUT2D eigenvalue weighted by atomic mass is 9.43. The van der Waals surface area contributed by atoms with Crippen molar-refractivity contribution in [2.24, 2.45) is 46.3 Å². The normalized spacial score (nSPS) is 41.3. The summed E-state index contributed by atoms with van der Waals surface area (Å²) in [4.78, 5) is 26.4. The summed E-state index contributed by atoms with van der Waals surface area (Å²) in [5, 5.41) is 23.5. The molecule has 7 nitrogen and oxygen atoms in total. The van der Waals surface area contributed by atoms with Crippen molar-refractivity contribution in [3.8, 4) is 0 Å². The van der Waals surface area contributed by atoms with Gasteiger partial charge in [-0.3, -0.25) is 4.79 Å². The second-order valence-corrected chi connectivity index (χ2v) is 14.3. The van der Waals surface area contributed by atoms with Crippen LogP contribution in [0.3, 0.4) is 0 Å². The molecule has 40 heavy (non-hydrogen) atoms. The van der Waals surface area contributed by atoms with E-state index in [0.29, 0.717) is 62.6 Å². The SMILES string of the molecule is CCOC(=O)CC[C@@H](C)[C@H]1CC[C@H]2[C@@H]3[C@H](O)C[C@@H]4C[C@H](OC(=O)N(CCCl)CCCl)CC[C@]4(C)[C@H]3C[C@H](O)[C@]12C. The van der Waals surface area contributed by atoms with E-state index >= 15 is 0 Å². The molecule has 4 saturated carbocycles. The standard InChI is InChI=1S/C31H51Cl2NO6/c1-5-39-27(37)9-6-19(2)22-7-8-23-28-24(18-26(36)31(22,23)4)30(3)11-10-21(16-20(30)17-25(28)35)40-29(38)34(14-12-32)15-13-33/h19-26,28,35-36H,5-18H2,1-4H3/t19-,20+,21-,22-,23+,24+,25-,26+,28+,30+,31-/m1/s1. The molecule has 0 spiro atoms. The Bertz CT molecular complexity index is 886. The molecule has 0 aliphatic heterocycles. The lowest BCUT2D eigenvalue weighted by Gasteiger charge is -2.63. The minimum absolute atomic E-state index is 0.00527. The van der Waals surface area contributed by atoms with Crippen LogP contribution in [0.2, 0.25) is 0 Å². The zero-order chi connectivity index (χ0) is 29.2. The number of nitrogens with zero attached hydrogens (tertiary/aromatic N) is 1.